The van der Waals surface area contributed by atoms with Crippen LogP contribution in [0.15, 0.2) is 42.5 Å². The third-order valence-corrected chi connectivity index (χ3v) is 6.15. The first kappa shape index (κ1) is 24.2. The summed E-state index contributed by atoms with van der Waals surface area (Å²) >= 11 is 7.36. The maximum absolute atomic E-state index is 14.0. The van der Waals surface area contributed by atoms with E-state index < -0.39 is 6.04 Å². The van der Waals surface area contributed by atoms with Crippen LogP contribution in [0, 0.1) is 12.7 Å². The lowest BCUT2D eigenvalue weighted by molar-refractivity contribution is -0.138. The summed E-state index contributed by atoms with van der Waals surface area (Å²) in [4.78, 5) is 27.2. The van der Waals surface area contributed by atoms with Crippen LogP contribution in [0.3, 0.4) is 0 Å². The molecule has 0 spiro atoms. The minimum atomic E-state index is -0.610. The summed E-state index contributed by atoms with van der Waals surface area (Å²) in [5.74, 6) is -0.323. The van der Waals surface area contributed by atoms with E-state index in [1.165, 1.54) is 17.8 Å². The molecular weight excluding hydrogens is 423 g/mol. The van der Waals surface area contributed by atoms with Crippen molar-refractivity contribution in [1.82, 2.24) is 10.2 Å². The lowest BCUT2D eigenvalue weighted by Gasteiger charge is -2.29. The summed E-state index contributed by atoms with van der Waals surface area (Å²) in [6.07, 6.45) is 0.823. The zero-order chi connectivity index (χ0) is 22.1. The van der Waals surface area contributed by atoms with E-state index >= 15 is 0 Å². The molecule has 0 aliphatic carbocycles. The summed E-state index contributed by atoms with van der Waals surface area (Å²) in [6, 6.07) is 11.7. The van der Waals surface area contributed by atoms with E-state index in [1.807, 2.05) is 38.1 Å². The fourth-order valence-corrected chi connectivity index (χ4v) is 4.19. The van der Waals surface area contributed by atoms with Crippen molar-refractivity contribution in [2.24, 2.45) is 0 Å². The van der Waals surface area contributed by atoms with Crippen molar-refractivity contribution in [1.29, 1.82) is 0 Å². The van der Waals surface area contributed by atoms with Gasteiger partial charge in [-0.1, -0.05) is 48.9 Å². The third-order valence-electron chi connectivity index (χ3n) is 4.85. The molecule has 2 aromatic carbocycles. The van der Waals surface area contributed by atoms with Crippen molar-refractivity contribution in [3.05, 3.63) is 70.0 Å². The van der Waals surface area contributed by atoms with E-state index in [2.05, 4.69) is 5.32 Å². The largest absolute Gasteiger partial charge is 0.354 e. The molecule has 0 fully saturated rings. The van der Waals surface area contributed by atoms with Gasteiger partial charge in [-0.05, 0) is 43.5 Å². The van der Waals surface area contributed by atoms with E-state index in [0.29, 0.717) is 23.7 Å². The SMILES string of the molecule is CCCNC(=O)[C@H](C)N(Cc1ccccc1C)C(=O)CSCc1c(F)cccc1Cl. The maximum atomic E-state index is 14.0. The first-order valence-corrected chi connectivity index (χ1v) is 11.5. The first-order chi connectivity index (χ1) is 14.3. The van der Waals surface area contributed by atoms with Gasteiger partial charge in [-0.3, -0.25) is 9.59 Å². The fraction of sp³-hybridized carbons (Fsp3) is 0.391. The molecule has 0 aliphatic heterocycles. The lowest BCUT2D eigenvalue weighted by atomic mass is 10.1. The number of benzene rings is 2. The van der Waals surface area contributed by atoms with Gasteiger partial charge in [0.1, 0.15) is 11.9 Å². The molecule has 2 aromatic rings. The highest BCUT2D eigenvalue weighted by Crippen LogP contribution is 2.24. The standard InChI is InChI=1S/C23H28ClFN2O2S/c1-4-12-26-23(29)17(3)27(13-18-9-6-5-8-16(18)2)22(28)15-30-14-19-20(24)10-7-11-21(19)25/h5-11,17H,4,12-15H2,1-3H3,(H,26,29)/t17-/m0/s1. The second-order valence-corrected chi connectivity index (χ2v) is 8.50. The molecule has 0 aliphatic rings. The highest BCUT2D eigenvalue weighted by molar-refractivity contribution is 7.99. The number of aryl methyl sites for hydroxylation is 1. The van der Waals surface area contributed by atoms with E-state index in [4.69, 9.17) is 11.6 Å². The van der Waals surface area contributed by atoms with Gasteiger partial charge in [0.15, 0.2) is 0 Å². The monoisotopic (exact) mass is 450 g/mol. The number of hydrogen-bond donors (Lipinski definition) is 1. The number of carbonyl (C=O) groups is 2. The smallest absolute Gasteiger partial charge is 0.242 e. The number of halogens is 2. The molecule has 1 N–H and O–H groups in total. The van der Waals surface area contributed by atoms with Gasteiger partial charge in [0, 0.05) is 29.4 Å². The topological polar surface area (TPSA) is 49.4 Å². The first-order valence-electron chi connectivity index (χ1n) is 9.97. The fourth-order valence-electron chi connectivity index (χ4n) is 2.94. The number of nitrogens with zero attached hydrogens (tertiary/aromatic N) is 1. The van der Waals surface area contributed by atoms with Crippen LogP contribution in [0.2, 0.25) is 5.02 Å². The molecule has 1 atom stereocenters. The van der Waals surface area contributed by atoms with E-state index in [1.54, 1.807) is 24.0 Å². The van der Waals surface area contributed by atoms with Crippen LogP contribution in [-0.2, 0) is 21.9 Å². The number of rotatable bonds is 10. The minimum Gasteiger partial charge on any atom is -0.354 e. The molecular formula is C23H28ClFN2O2S. The van der Waals surface area contributed by atoms with Gasteiger partial charge in [-0.15, -0.1) is 11.8 Å². The quantitative estimate of drug-likeness (QED) is 0.556. The van der Waals surface area contributed by atoms with E-state index in [-0.39, 0.29) is 29.1 Å². The van der Waals surface area contributed by atoms with Crippen LogP contribution in [0.4, 0.5) is 4.39 Å². The molecule has 0 heterocycles. The van der Waals surface area contributed by atoms with Crippen molar-refractivity contribution in [2.45, 2.75) is 45.5 Å². The highest BCUT2D eigenvalue weighted by Gasteiger charge is 2.26. The van der Waals surface area contributed by atoms with Crippen molar-refractivity contribution in [2.75, 3.05) is 12.3 Å². The molecule has 30 heavy (non-hydrogen) atoms. The number of amides is 2. The molecule has 0 saturated carbocycles. The van der Waals surface area contributed by atoms with Crippen LogP contribution >= 0.6 is 23.4 Å². The Labute approximate surface area is 187 Å². The predicted molar refractivity (Wildman–Crippen MR) is 122 cm³/mol. The van der Waals surface area contributed by atoms with Crippen LogP contribution in [0.5, 0.6) is 0 Å². The Hall–Kier alpha value is -2.05. The summed E-state index contributed by atoms with van der Waals surface area (Å²) in [5.41, 5.74) is 2.43. The predicted octanol–water partition coefficient (Wildman–Crippen LogP) is 4.96. The Morgan fingerprint density at radius 3 is 2.60 bits per heavy atom. The Morgan fingerprint density at radius 2 is 1.93 bits per heavy atom. The van der Waals surface area contributed by atoms with E-state index in [0.717, 1.165) is 17.5 Å². The van der Waals surface area contributed by atoms with Gasteiger partial charge in [-0.2, -0.15) is 0 Å². The minimum absolute atomic E-state index is 0.127. The maximum Gasteiger partial charge on any atom is 0.242 e. The second-order valence-electron chi connectivity index (χ2n) is 7.11. The molecule has 0 radical (unpaired) electrons. The summed E-state index contributed by atoms with van der Waals surface area (Å²) < 4.78 is 14.0. The number of hydrogen-bond acceptors (Lipinski definition) is 3. The van der Waals surface area contributed by atoms with Crippen molar-refractivity contribution < 1.29 is 14.0 Å². The number of thioether (sulfide) groups is 1. The Morgan fingerprint density at radius 1 is 1.20 bits per heavy atom. The molecule has 0 unspecified atom stereocenters. The Kier molecular flexibility index (Phi) is 9.66. The van der Waals surface area contributed by atoms with Gasteiger partial charge in [0.2, 0.25) is 11.8 Å². The van der Waals surface area contributed by atoms with Gasteiger partial charge >= 0.3 is 0 Å². The second kappa shape index (κ2) is 12.0. The summed E-state index contributed by atoms with van der Waals surface area (Å²) in [5, 5.41) is 3.20. The van der Waals surface area contributed by atoms with Crippen LogP contribution in [-0.4, -0.2) is 35.1 Å². The van der Waals surface area contributed by atoms with Crippen LogP contribution < -0.4 is 5.32 Å². The lowest BCUT2D eigenvalue weighted by Crippen LogP contribution is -2.48. The average molecular weight is 451 g/mol. The Balaban J connectivity index is 2.11. The van der Waals surface area contributed by atoms with Crippen molar-refractivity contribution in [3.8, 4) is 0 Å². The molecule has 2 amide bonds. The molecule has 0 saturated heterocycles. The normalized spacial score (nSPS) is 11.8. The average Bonchev–Trinajstić information content (AvgIpc) is 2.72. The van der Waals surface area contributed by atoms with Crippen molar-refractivity contribution >= 4 is 35.2 Å². The highest BCUT2D eigenvalue weighted by atomic mass is 35.5. The van der Waals surface area contributed by atoms with Gasteiger partial charge in [-0.25, -0.2) is 4.39 Å². The number of carbonyl (C=O) groups excluding carboxylic acids is 2. The molecule has 2 rings (SSSR count). The zero-order valence-electron chi connectivity index (χ0n) is 17.6. The zero-order valence-corrected chi connectivity index (χ0v) is 19.2. The van der Waals surface area contributed by atoms with Crippen LogP contribution in [0.25, 0.3) is 0 Å². The molecule has 162 valence electrons. The van der Waals surface area contributed by atoms with Crippen molar-refractivity contribution in [3.63, 3.8) is 0 Å². The van der Waals surface area contributed by atoms with Crippen LogP contribution in [0.1, 0.15) is 37.0 Å². The van der Waals surface area contributed by atoms with Gasteiger partial charge < -0.3 is 10.2 Å². The molecule has 0 bridgehead atoms. The third kappa shape index (κ3) is 6.74. The van der Waals surface area contributed by atoms with Gasteiger partial charge in [0.25, 0.3) is 0 Å². The molecule has 7 heteroatoms. The van der Waals surface area contributed by atoms with Gasteiger partial charge in [0.05, 0.1) is 5.75 Å². The van der Waals surface area contributed by atoms with E-state index in [9.17, 15) is 14.0 Å². The summed E-state index contributed by atoms with van der Waals surface area (Å²) in [6.45, 7) is 6.60. The molecule has 4 nitrogen and oxygen atoms in total. The molecule has 0 aromatic heterocycles. The summed E-state index contributed by atoms with van der Waals surface area (Å²) in [7, 11) is 0. The number of nitrogens with one attached hydrogen (secondary N) is 1. The Bertz CT molecular complexity index is 858.